The molecule has 0 spiro atoms. The second kappa shape index (κ2) is 13.8. The first-order valence-corrected chi connectivity index (χ1v) is 15.3. The van der Waals surface area contributed by atoms with Crippen molar-refractivity contribution in [3.05, 3.63) is 121 Å². The van der Waals surface area contributed by atoms with Crippen molar-refractivity contribution in [2.24, 2.45) is 0 Å². The molecule has 39 heavy (non-hydrogen) atoms. The summed E-state index contributed by atoms with van der Waals surface area (Å²) in [6, 6.07) is 20.9. The molecule has 0 fully saturated rings. The Bertz CT molecular complexity index is 1400. The van der Waals surface area contributed by atoms with Gasteiger partial charge in [-0.3, -0.25) is 0 Å². The summed E-state index contributed by atoms with van der Waals surface area (Å²) in [5.74, 6) is 0.812. The Labute approximate surface area is 248 Å². The van der Waals surface area contributed by atoms with E-state index in [1.165, 1.54) is 0 Å². The van der Waals surface area contributed by atoms with Crippen molar-refractivity contribution >= 4 is 47.8 Å². The molecule has 1 heterocycles. The van der Waals surface area contributed by atoms with E-state index in [0.717, 1.165) is 16.7 Å². The molecule has 3 aromatic carbocycles. The average molecular weight is 726 g/mol. The zero-order valence-electron chi connectivity index (χ0n) is 20.6. The van der Waals surface area contributed by atoms with Gasteiger partial charge in [0.1, 0.15) is 0 Å². The summed E-state index contributed by atoms with van der Waals surface area (Å²) in [5, 5.41) is 1.90. The molecule has 0 amide bonds. The largest absolute Gasteiger partial charge is 0.404 e. The van der Waals surface area contributed by atoms with Crippen molar-refractivity contribution in [1.82, 2.24) is 14.2 Å². The van der Waals surface area contributed by atoms with E-state index in [1.807, 2.05) is 36.4 Å². The smallest absolute Gasteiger partial charge is 0.366 e. The van der Waals surface area contributed by atoms with Crippen LogP contribution < -0.4 is 31.6 Å². The highest BCUT2D eigenvalue weighted by molar-refractivity contribution is 9.09. The minimum absolute atomic E-state index is 0.271. The maximum Gasteiger partial charge on any atom is 0.404 e. The van der Waals surface area contributed by atoms with Crippen LogP contribution >= 0.6 is 47.8 Å². The normalized spacial score (nSPS) is 10.8. The standard InChI is InChI=1S/C27H24Br3N3O6/c28-16-13-19-7-1-4-10-22(19)37-31-25(34)32(38-23-11-5-2-8-20(23)14-17-29)27(36)33(26(31)35)39-24-12-6-3-9-21(24)15-18-30/h1-12H,13-18H2. The van der Waals surface area contributed by atoms with Crippen LogP contribution in [0.15, 0.2) is 87.2 Å². The summed E-state index contributed by atoms with van der Waals surface area (Å²) in [6.45, 7) is 0. The first kappa shape index (κ1) is 28.9. The van der Waals surface area contributed by atoms with E-state index in [4.69, 9.17) is 14.5 Å². The highest BCUT2D eigenvalue weighted by Crippen LogP contribution is 2.21. The third kappa shape index (κ3) is 6.74. The topological polar surface area (TPSA) is 93.7 Å². The van der Waals surface area contributed by atoms with E-state index in [1.54, 1.807) is 36.4 Å². The number of aryl methyl sites for hydroxylation is 3. The van der Waals surface area contributed by atoms with Crippen LogP contribution in [0.5, 0.6) is 17.2 Å². The van der Waals surface area contributed by atoms with E-state index in [-0.39, 0.29) is 17.2 Å². The maximum atomic E-state index is 13.5. The third-order valence-corrected chi connectivity index (χ3v) is 6.81. The van der Waals surface area contributed by atoms with Crippen molar-refractivity contribution in [2.75, 3.05) is 16.0 Å². The van der Waals surface area contributed by atoms with Crippen LogP contribution in [-0.2, 0) is 19.3 Å². The second-order valence-electron chi connectivity index (χ2n) is 8.14. The van der Waals surface area contributed by atoms with Gasteiger partial charge in [0, 0.05) is 16.0 Å². The predicted octanol–water partition coefficient (Wildman–Crippen LogP) is 4.51. The number of aromatic nitrogens is 3. The molecule has 12 heteroatoms. The molecule has 0 N–H and O–H groups in total. The summed E-state index contributed by atoms with van der Waals surface area (Å²) >= 11 is 10.2. The van der Waals surface area contributed by atoms with Crippen molar-refractivity contribution in [2.45, 2.75) is 19.3 Å². The maximum absolute atomic E-state index is 13.5. The minimum Gasteiger partial charge on any atom is -0.366 e. The molecule has 0 saturated carbocycles. The quantitative estimate of drug-likeness (QED) is 0.200. The van der Waals surface area contributed by atoms with Gasteiger partial charge in [0.2, 0.25) is 0 Å². The lowest BCUT2D eigenvalue weighted by Crippen LogP contribution is -2.58. The molecular weight excluding hydrogens is 702 g/mol. The Morgan fingerprint density at radius 3 is 0.974 bits per heavy atom. The zero-order chi connectivity index (χ0) is 27.8. The van der Waals surface area contributed by atoms with Gasteiger partial charge in [0.15, 0.2) is 17.2 Å². The molecule has 0 aliphatic rings. The van der Waals surface area contributed by atoms with Gasteiger partial charge in [-0.05, 0) is 54.2 Å². The number of benzene rings is 3. The molecular formula is C27H24Br3N3O6. The molecule has 0 radical (unpaired) electrons. The first-order valence-electron chi connectivity index (χ1n) is 12.0. The number of para-hydroxylation sites is 3. The van der Waals surface area contributed by atoms with Gasteiger partial charge in [-0.2, -0.15) is 0 Å². The summed E-state index contributed by atoms with van der Waals surface area (Å²) in [7, 11) is 0. The highest BCUT2D eigenvalue weighted by atomic mass is 79.9. The minimum atomic E-state index is -1.12. The molecule has 4 aromatic rings. The van der Waals surface area contributed by atoms with Gasteiger partial charge < -0.3 is 14.5 Å². The van der Waals surface area contributed by atoms with E-state index < -0.39 is 17.1 Å². The predicted molar refractivity (Wildman–Crippen MR) is 159 cm³/mol. The average Bonchev–Trinajstić information content (AvgIpc) is 2.94. The molecule has 9 nitrogen and oxygen atoms in total. The Kier molecular flexibility index (Phi) is 10.2. The van der Waals surface area contributed by atoms with E-state index in [0.29, 0.717) is 49.4 Å². The fraction of sp³-hybridized carbons (Fsp3) is 0.222. The fourth-order valence-corrected chi connectivity index (χ4v) is 5.01. The lowest BCUT2D eigenvalue weighted by molar-refractivity contribution is 0.0643. The first-order chi connectivity index (χ1) is 19.0. The van der Waals surface area contributed by atoms with E-state index in [2.05, 4.69) is 47.8 Å². The van der Waals surface area contributed by atoms with Crippen LogP contribution in [0.1, 0.15) is 16.7 Å². The molecule has 1 aromatic heterocycles. The van der Waals surface area contributed by atoms with Crippen molar-refractivity contribution in [1.29, 1.82) is 0 Å². The van der Waals surface area contributed by atoms with Gasteiger partial charge in [-0.15, -0.1) is 0 Å². The monoisotopic (exact) mass is 723 g/mol. The summed E-state index contributed by atoms with van der Waals surface area (Å²) in [6.07, 6.45) is 1.72. The number of hydrogen-bond acceptors (Lipinski definition) is 6. The Morgan fingerprint density at radius 1 is 0.462 bits per heavy atom. The number of rotatable bonds is 12. The lowest BCUT2D eigenvalue weighted by atomic mass is 10.1. The number of nitrogens with zero attached hydrogens (tertiary/aromatic N) is 3. The van der Waals surface area contributed by atoms with Crippen molar-refractivity contribution in [3.63, 3.8) is 0 Å². The molecule has 0 aliphatic carbocycles. The SMILES string of the molecule is O=c1n(Oc2ccccc2CCBr)c(=O)n(Oc2ccccc2CCBr)c(=O)n1Oc1ccccc1CCBr. The second-order valence-corrected chi connectivity index (χ2v) is 10.5. The fourth-order valence-electron chi connectivity index (χ4n) is 3.73. The van der Waals surface area contributed by atoms with Gasteiger partial charge in [-0.1, -0.05) is 117 Å². The van der Waals surface area contributed by atoms with Gasteiger partial charge in [0.05, 0.1) is 0 Å². The molecule has 0 aliphatic heterocycles. The number of halogens is 3. The molecule has 0 unspecified atom stereocenters. The molecule has 4 rings (SSSR count). The van der Waals surface area contributed by atoms with Gasteiger partial charge in [0.25, 0.3) is 0 Å². The number of hydrogen-bond donors (Lipinski definition) is 0. The molecule has 204 valence electrons. The summed E-state index contributed by atoms with van der Waals surface area (Å²) < 4.78 is 1.36. The Balaban J connectivity index is 1.90. The van der Waals surface area contributed by atoms with Crippen LogP contribution in [0.3, 0.4) is 0 Å². The van der Waals surface area contributed by atoms with E-state index >= 15 is 0 Å². The number of alkyl halides is 3. The van der Waals surface area contributed by atoms with Crippen LogP contribution in [0.4, 0.5) is 0 Å². The Morgan fingerprint density at radius 2 is 0.718 bits per heavy atom. The summed E-state index contributed by atoms with van der Waals surface area (Å²) in [5.41, 5.74) is -1.13. The third-order valence-electron chi connectivity index (χ3n) is 5.62. The molecule has 0 saturated heterocycles. The van der Waals surface area contributed by atoms with Crippen LogP contribution in [0, 0.1) is 0 Å². The molecule has 0 bridgehead atoms. The van der Waals surface area contributed by atoms with Crippen LogP contribution in [0.25, 0.3) is 0 Å². The van der Waals surface area contributed by atoms with Crippen LogP contribution in [0.2, 0.25) is 0 Å². The lowest BCUT2D eigenvalue weighted by Gasteiger charge is -2.17. The van der Waals surface area contributed by atoms with Crippen LogP contribution in [-0.4, -0.2) is 30.2 Å². The van der Waals surface area contributed by atoms with Crippen molar-refractivity contribution < 1.29 is 14.5 Å². The molecule has 0 atom stereocenters. The zero-order valence-corrected chi connectivity index (χ0v) is 25.4. The van der Waals surface area contributed by atoms with Gasteiger partial charge in [-0.25, -0.2) is 14.4 Å². The Hall–Kier alpha value is -3.09. The van der Waals surface area contributed by atoms with E-state index in [9.17, 15) is 14.4 Å². The summed E-state index contributed by atoms with van der Waals surface area (Å²) in [4.78, 5) is 58.0. The van der Waals surface area contributed by atoms with Gasteiger partial charge >= 0.3 is 17.1 Å². The van der Waals surface area contributed by atoms with Crippen molar-refractivity contribution in [3.8, 4) is 17.2 Å². The highest BCUT2D eigenvalue weighted by Gasteiger charge is 2.22.